The van der Waals surface area contributed by atoms with Gasteiger partial charge in [0.1, 0.15) is 23.3 Å². The van der Waals surface area contributed by atoms with E-state index in [0.29, 0.717) is 5.69 Å². The van der Waals surface area contributed by atoms with Crippen LogP contribution in [0.5, 0.6) is 0 Å². The lowest BCUT2D eigenvalue weighted by Crippen LogP contribution is -1.94. The molecule has 0 aromatic carbocycles. The molecule has 2 heterocycles. The van der Waals surface area contributed by atoms with Crippen molar-refractivity contribution in [1.82, 2.24) is 9.55 Å². The van der Waals surface area contributed by atoms with Crippen LogP contribution in [-0.4, -0.2) is 9.55 Å². The van der Waals surface area contributed by atoms with Crippen molar-refractivity contribution in [3.63, 3.8) is 0 Å². The van der Waals surface area contributed by atoms with Gasteiger partial charge in [0.05, 0.1) is 4.88 Å². The molecule has 0 spiro atoms. The number of aromatic nitrogens is 2. The van der Waals surface area contributed by atoms with Gasteiger partial charge in [-0.3, -0.25) is 0 Å². The van der Waals surface area contributed by atoms with Gasteiger partial charge >= 0.3 is 0 Å². The summed E-state index contributed by atoms with van der Waals surface area (Å²) < 4.78 is 1.81. The Morgan fingerprint density at radius 2 is 2.36 bits per heavy atom. The first-order chi connectivity index (χ1) is 6.74. The van der Waals surface area contributed by atoms with Crippen molar-refractivity contribution >= 4 is 11.3 Å². The summed E-state index contributed by atoms with van der Waals surface area (Å²) in [6.45, 7) is 1.90. The Balaban J connectivity index is 2.66. The minimum Gasteiger partial charge on any atom is -0.323 e. The highest BCUT2D eigenvalue weighted by molar-refractivity contribution is 7.13. The van der Waals surface area contributed by atoms with Crippen LogP contribution in [-0.2, 0) is 7.05 Å². The quantitative estimate of drug-likeness (QED) is 0.713. The first kappa shape index (κ1) is 8.97. The maximum atomic E-state index is 9.01. The van der Waals surface area contributed by atoms with E-state index < -0.39 is 0 Å². The van der Waals surface area contributed by atoms with Crippen molar-refractivity contribution in [3.8, 4) is 16.6 Å². The molecule has 0 aliphatic rings. The highest BCUT2D eigenvalue weighted by Gasteiger charge is 2.13. The van der Waals surface area contributed by atoms with Crippen LogP contribution in [0.15, 0.2) is 17.5 Å². The third-order valence-corrected chi connectivity index (χ3v) is 3.06. The molecule has 0 atom stereocenters. The Morgan fingerprint density at radius 1 is 1.57 bits per heavy atom. The van der Waals surface area contributed by atoms with E-state index in [9.17, 15) is 0 Å². The molecular formula is C10H9N3S. The Morgan fingerprint density at radius 3 is 2.93 bits per heavy atom. The summed E-state index contributed by atoms with van der Waals surface area (Å²) in [7, 11) is 1.86. The molecular weight excluding hydrogens is 194 g/mol. The Labute approximate surface area is 86.3 Å². The minimum absolute atomic E-state index is 0.630. The van der Waals surface area contributed by atoms with Crippen LogP contribution in [0.4, 0.5) is 0 Å². The number of nitrogens with zero attached hydrogens (tertiary/aromatic N) is 3. The van der Waals surface area contributed by atoms with E-state index >= 15 is 0 Å². The number of imidazole rings is 1. The second-order valence-electron chi connectivity index (χ2n) is 3.00. The predicted octanol–water partition coefficient (Wildman–Crippen LogP) is 2.33. The fraction of sp³-hybridized carbons (Fsp3) is 0.200. The van der Waals surface area contributed by atoms with E-state index in [4.69, 9.17) is 5.26 Å². The first-order valence-electron chi connectivity index (χ1n) is 4.21. The number of thiophene rings is 1. The van der Waals surface area contributed by atoms with Gasteiger partial charge in [0.15, 0.2) is 0 Å². The van der Waals surface area contributed by atoms with Crippen LogP contribution in [0.2, 0.25) is 0 Å². The second kappa shape index (κ2) is 3.28. The molecule has 0 saturated carbocycles. The van der Waals surface area contributed by atoms with Gasteiger partial charge < -0.3 is 4.57 Å². The second-order valence-corrected chi connectivity index (χ2v) is 3.95. The summed E-state index contributed by atoms with van der Waals surface area (Å²) in [6, 6.07) is 6.12. The minimum atomic E-state index is 0.630. The van der Waals surface area contributed by atoms with Crippen molar-refractivity contribution < 1.29 is 0 Å². The fourth-order valence-corrected chi connectivity index (χ4v) is 2.04. The van der Waals surface area contributed by atoms with E-state index in [0.717, 1.165) is 16.4 Å². The smallest absolute Gasteiger partial charge is 0.148 e. The van der Waals surface area contributed by atoms with Gasteiger partial charge in [-0.05, 0) is 18.4 Å². The highest BCUT2D eigenvalue weighted by atomic mass is 32.1. The Kier molecular flexibility index (Phi) is 2.10. The SMILES string of the molecule is Cc1nc(-c2cccs2)c(C#N)n1C. The monoisotopic (exact) mass is 203 g/mol. The molecule has 2 rings (SSSR count). The molecule has 0 aliphatic carbocycles. The average Bonchev–Trinajstić information content (AvgIpc) is 2.76. The third kappa shape index (κ3) is 1.22. The van der Waals surface area contributed by atoms with E-state index in [1.54, 1.807) is 11.3 Å². The van der Waals surface area contributed by atoms with E-state index in [1.807, 2.05) is 36.1 Å². The van der Waals surface area contributed by atoms with Crippen LogP contribution in [0.3, 0.4) is 0 Å². The zero-order valence-electron chi connectivity index (χ0n) is 7.98. The molecule has 0 bridgehead atoms. The molecule has 0 radical (unpaired) electrons. The standard InChI is InChI=1S/C10H9N3S/c1-7-12-10(8(6-11)13(7)2)9-4-3-5-14-9/h3-5H,1-2H3. The molecule has 70 valence electrons. The number of hydrogen-bond donors (Lipinski definition) is 0. The lowest BCUT2D eigenvalue weighted by molar-refractivity contribution is 0.845. The Hall–Kier alpha value is -1.60. The molecule has 0 unspecified atom stereocenters. The summed E-state index contributed by atoms with van der Waals surface area (Å²) in [5.74, 6) is 0.866. The number of rotatable bonds is 1. The van der Waals surface area contributed by atoms with Crippen molar-refractivity contribution in [2.45, 2.75) is 6.92 Å². The molecule has 0 N–H and O–H groups in total. The average molecular weight is 203 g/mol. The van der Waals surface area contributed by atoms with E-state index in [-0.39, 0.29) is 0 Å². The zero-order valence-corrected chi connectivity index (χ0v) is 8.80. The molecule has 0 amide bonds. The summed E-state index contributed by atoms with van der Waals surface area (Å²) in [5.41, 5.74) is 1.42. The summed E-state index contributed by atoms with van der Waals surface area (Å²) >= 11 is 1.60. The van der Waals surface area contributed by atoms with Crippen LogP contribution < -0.4 is 0 Å². The van der Waals surface area contributed by atoms with Crippen LogP contribution >= 0.6 is 11.3 Å². The van der Waals surface area contributed by atoms with Gasteiger partial charge in [0.2, 0.25) is 0 Å². The van der Waals surface area contributed by atoms with Crippen molar-refractivity contribution in [2.75, 3.05) is 0 Å². The molecule has 14 heavy (non-hydrogen) atoms. The van der Waals surface area contributed by atoms with Gasteiger partial charge in [-0.15, -0.1) is 11.3 Å². The summed E-state index contributed by atoms with van der Waals surface area (Å²) in [4.78, 5) is 5.42. The molecule has 0 aliphatic heterocycles. The van der Waals surface area contributed by atoms with Gasteiger partial charge in [-0.2, -0.15) is 5.26 Å². The lowest BCUT2D eigenvalue weighted by Gasteiger charge is -1.94. The lowest BCUT2D eigenvalue weighted by atomic mass is 10.3. The predicted molar refractivity (Wildman–Crippen MR) is 56.0 cm³/mol. The molecule has 0 saturated heterocycles. The van der Waals surface area contributed by atoms with Crippen LogP contribution in [0, 0.1) is 18.3 Å². The van der Waals surface area contributed by atoms with Crippen LogP contribution in [0.1, 0.15) is 11.5 Å². The molecule has 0 fully saturated rings. The third-order valence-electron chi connectivity index (χ3n) is 2.18. The molecule has 2 aromatic heterocycles. The van der Waals surface area contributed by atoms with Crippen molar-refractivity contribution in [3.05, 3.63) is 29.0 Å². The van der Waals surface area contributed by atoms with Crippen molar-refractivity contribution in [1.29, 1.82) is 5.26 Å². The number of nitriles is 1. The van der Waals surface area contributed by atoms with Gasteiger partial charge in [0.25, 0.3) is 0 Å². The van der Waals surface area contributed by atoms with Crippen LogP contribution in [0.25, 0.3) is 10.6 Å². The first-order valence-corrected chi connectivity index (χ1v) is 5.09. The maximum Gasteiger partial charge on any atom is 0.148 e. The van der Waals surface area contributed by atoms with Gasteiger partial charge in [-0.25, -0.2) is 4.98 Å². The van der Waals surface area contributed by atoms with E-state index in [2.05, 4.69) is 11.1 Å². The summed E-state index contributed by atoms with van der Waals surface area (Å²) in [6.07, 6.45) is 0. The number of aryl methyl sites for hydroxylation is 1. The Bertz CT molecular complexity index is 488. The molecule has 4 heteroatoms. The highest BCUT2D eigenvalue weighted by Crippen LogP contribution is 2.26. The maximum absolute atomic E-state index is 9.01. The largest absolute Gasteiger partial charge is 0.323 e. The topological polar surface area (TPSA) is 41.6 Å². The van der Waals surface area contributed by atoms with E-state index in [1.165, 1.54) is 0 Å². The normalized spacial score (nSPS) is 10.1. The van der Waals surface area contributed by atoms with Crippen molar-refractivity contribution in [2.24, 2.45) is 7.05 Å². The zero-order chi connectivity index (χ0) is 10.1. The fourth-order valence-electron chi connectivity index (χ4n) is 1.32. The summed E-state index contributed by atoms with van der Waals surface area (Å²) in [5, 5.41) is 11.0. The molecule has 2 aromatic rings. The molecule has 3 nitrogen and oxygen atoms in total. The van der Waals surface area contributed by atoms with Gasteiger partial charge in [0, 0.05) is 7.05 Å². The van der Waals surface area contributed by atoms with Gasteiger partial charge in [-0.1, -0.05) is 6.07 Å². The number of hydrogen-bond acceptors (Lipinski definition) is 3.